The van der Waals surface area contributed by atoms with E-state index in [2.05, 4.69) is 203 Å². The highest BCUT2D eigenvalue weighted by atomic mass is 15.0. The SMILES string of the molecule is c1cc(-c2ccc3ccccc3c2)cc(-n2c3ccccc3c3cc(-c4ccc5c(c4)c4ccccc4n5-c4ccc5ccccc5c4)ccc32)c1. The molecular formula is C50H32N2. The lowest BCUT2D eigenvalue weighted by Gasteiger charge is -2.11. The second-order valence-corrected chi connectivity index (χ2v) is 13.8. The summed E-state index contributed by atoms with van der Waals surface area (Å²) in [4.78, 5) is 0. The summed E-state index contributed by atoms with van der Waals surface area (Å²) in [6.07, 6.45) is 0. The Morgan fingerprint density at radius 1 is 0.231 bits per heavy atom. The van der Waals surface area contributed by atoms with E-state index in [0.29, 0.717) is 0 Å². The Bertz CT molecular complexity index is 3190. The van der Waals surface area contributed by atoms with E-state index < -0.39 is 0 Å². The fourth-order valence-electron chi connectivity index (χ4n) is 8.37. The maximum atomic E-state index is 2.42. The first-order chi connectivity index (χ1) is 25.8. The standard InChI is InChI=1S/C50H32N2/c1-3-12-35-28-38(21-20-33(35)10-1)37-14-9-15-41(30-37)51-47-18-7-5-16-43(47)45-31-39(23-26-49(45)51)40-24-27-50-46(32-40)44-17-6-8-19-48(44)52(50)42-25-22-34-11-2-4-13-36(34)29-42/h1-32H. The number of nitrogens with zero attached hydrogens (tertiary/aromatic N) is 2. The first-order valence-corrected chi connectivity index (χ1v) is 17.9. The first-order valence-electron chi connectivity index (χ1n) is 17.9. The lowest BCUT2D eigenvalue weighted by molar-refractivity contribution is 1.18. The van der Waals surface area contributed by atoms with E-state index in [1.54, 1.807) is 0 Å². The molecule has 0 fully saturated rings. The third-order valence-electron chi connectivity index (χ3n) is 10.9. The second-order valence-electron chi connectivity index (χ2n) is 13.8. The third kappa shape index (κ3) is 4.44. The molecule has 0 N–H and O–H groups in total. The van der Waals surface area contributed by atoms with E-state index in [4.69, 9.17) is 0 Å². The number of rotatable bonds is 4. The number of hydrogen-bond acceptors (Lipinski definition) is 0. The van der Waals surface area contributed by atoms with Crippen molar-refractivity contribution in [3.8, 4) is 33.6 Å². The number of para-hydroxylation sites is 2. The summed E-state index contributed by atoms with van der Waals surface area (Å²) in [5, 5.41) is 10.0. The number of aromatic nitrogens is 2. The summed E-state index contributed by atoms with van der Waals surface area (Å²) in [5.74, 6) is 0. The Kier molecular flexibility index (Phi) is 6.28. The average molecular weight is 661 g/mol. The molecule has 11 aromatic rings. The Balaban J connectivity index is 1.05. The van der Waals surface area contributed by atoms with Crippen LogP contribution < -0.4 is 0 Å². The normalized spacial score (nSPS) is 11.8. The van der Waals surface area contributed by atoms with E-state index in [0.717, 1.165) is 5.69 Å². The van der Waals surface area contributed by atoms with Gasteiger partial charge in [-0.3, -0.25) is 0 Å². The van der Waals surface area contributed by atoms with Gasteiger partial charge in [-0.1, -0.05) is 127 Å². The largest absolute Gasteiger partial charge is 0.309 e. The minimum Gasteiger partial charge on any atom is -0.309 e. The maximum Gasteiger partial charge on any atom is 0.0541 e. The number of fused-ring (bicyclic) bond motifs is 8. The zero-order chi connectivity index (χ0) is 34.2. The highest BCUT2D eigenvalue weighted by molar-refractivity contribution is 6.13. The quantitative estimate of drug-likeness (QED) is 0.178. The van der Waals surface area contributed by atoms with E-state index in [-0.39, 0.29) is 0 Å². The molecule has 0 spiro atoms. The van der Waals surface area contributed by atoms with Crippen LogP contribution in [0.4, 0.5) is 0 Å². The molecule has 0 saturated carbocycles. The fourth-order valence-corrected chi connectivity index (χ4v) is 8.37. The van der Waals surface area contributed by atoms with Gasteiger partial charge < -0.3 is 9.13 Å². The summed E-state index contributed by atoms with van der Waals surface area (Å²) in [5.41, 5.74) is 12.0. The molecule has 0 bridgehead atoms. The minimum atomic E-state index is 1.16. The van der Waals surface area contributed by atoms with Crippen LogP contribution in [0.2, 0.25) is 0 Å². The summed E-state index contributed by atoms with van der Waals surface area (Å²) < 4.78 is 4.82. The van der Waals surface area contributed by atoms with Crippen molar-refractivity contribution in [2.45, 2.75) is 0 Å². The van der Waals surface area contributed by atoms with Gasteiger partial charge in [0.05, 0.1) is 22.1 Å². The van der Waals surface area contributed by atoms with Gasteiger partial charge in [0, 0.05) is 32.9 Å². The molecule has 2 heteroatoms. The molecule has 0 aliphatic heterocycles. The Morgan fingerprint density at radius 2 is 0.673 bits per heavy atom. The molecule has 2 aromatic heterocycles. The van der Waals surface area contributed by atoms with Gasteiger partial charge in [0.25, 0.3) is 0 Å². The molecule has 0 aliphatic rings. The van der Waals surface area contributed by atoms with Crippen LogP contribution >= 0.6 is 0 Å². The predicted octanol–water partition coefficient (Wildman–Crippen LogP) is 13.5. The van der Waals surface area contributed by atoms with Crippen molar-refractivity contribution in [1.29, 1.82) is 0 Å². The summed E-state index contributed by atoms with van der Waals surface area (Å²) in [6.45, 7) is 0. The molecule has 0 saturated heterocycles. The van der Waals surface area contributed by atoms with Gasteiger partial charge in [-0.15, -0.1) is 0 Å². The van der Waals surface area contributed by atoms with Crippen LogP contribution in [0.1, 0.15) is 0 Å². The Morgan fingerprint density at radius 3 is 1.31 bits per heavy atom. The van der Waals surface area contributed by atoms with Crippen molar-refractivity contribution in [2.24, 2.45) is 0 Å². The van der Waals surface area contributed by atoms with Crippen LogP contribution in [-0.2, 0) is 0 Å². The molecule has 0 atom stereocenters. The summed E-state index contributed by atoms with van der Waals surface area (Å²) >= 11 is 0. The maximum absolute atomic E-state index is 2.42. The van der Waals surface area contributed by atoms with Crippen molar-refractivity contribution in [3.05, 3.63) is 194 Å². The van der Waals surface area contributed by atoms with Crippen molar-refractivity contribution < 1.29 is 0 Å². The van der Waals surface area contributed by atoms with E-state index in [1.165, 1.54) is 93.1 Å². The molecular weight excluding hydrogens is 629 g/mol. The smallest absolute Gasteiger partial charge is 0.0541 e. The third-order valence-corrected chi connectivity index (χ3v) is 10.9. The lowest BCUT2D eigenvalue weighted by atomic mass is 10.0. The number of benzene rings is 9. The zero-order valence-electron chi connectivity index (χ0n) is 28.4. The Labute approximate surface area is 301 Å². The van der Waals surface area contributed by atoms with Gasteiger partial charge in [0.1, 0.15) is 0 Å². The molecule has 0 radical (unpaired) electrons. The van der Waals surface area contributed by atoms with Crippen LogP contribution in [0.25, 0.3) is 98.8 Å². The fraction of sp³-hybridized carbons (Fsp3) is 0. The van der Waals surface area contributed by atoms with E-state index in [9.17, 15) is 0 Å². The van der Waals surface area contributed by atoms with Crippen molar-refractivity contribution >= 4 is 65.2 Å². The van der Waals surface area contributed by atoms with Crippen LogP contribution in [0.3, 0.4) is 0 Å². The van der Waals surface area contributed by atoms with E-state index in [1.807, 2.05) is 0 Å². The topological polar surface area (TPSA) is 9.86 Å². The van der Waals surface area contributed by atoms with Gasteiger partial charge in [-0.25, -0.2) is 0 Å². The van der Waals surface area contributed by atoms with Crippen LogP contribution in [0.15, 0.2) is 194 Å². The van der Waals surface area contributed by atoms with E-state index >= 15 is 0 Å². The summed E-state index contributed by atoms with van der Waals surface area (Å²) in [6, 6.07) is 71.1. The summed E-state index contributed by atoms with van der Waals surface area (Å²) in [7, 11) is 0. The molecule has 0 amide bonds. The highest BCUT2D eigenvalue weighted by Crippen LogP contribution is 2.39. The lowest BCUT2D eigenvalue weighted by Crippen LogP contribution is -1.94. The van der Waals surface area contributed by atoms with Gasteiger partial charge in [-0.05, 0) is 111 Å². The van der Waals surface area contributed by atoms with Crippen LogP contribution in [0, 0.1) is 0 Å². The molecule has 0 aliphatic carbocycles. The van der Waals surface area contributed by atoms with Crippen molar-refractivity contribution in [1.82, 2.24) is 9.13 Å². The zero-order valence-corrected chi connectivity index (χ0v) is 28.4. The Hall–Kier alpha value is -6.90. The predicted molar refractivity (Wildman–Crippen MR) is 221 cm³/mol. The van der Waals surface area contributed by atoms with Gasteiger partial charge >= 0.3 is 0 Å². The second kappa shape index (κ2) is 11.3. The van der Waals surface area contributed by atoms with Crippen LogP contribution in [-0.4, -0.2) is 9.13 Å². The van der Waals surface area contributed by atoms with Gasteiger partial charge in [0.15, 0.2) is 0 Å². The molecule has 11 rings (SSSR count). The minimum absolute atomic E-state index is 1.16. The van der Waals surface area contributed by atoms with Crippen LogP contribution in [0.5, 0.6) is 0 Å². The van der Waals surface area contributed by atoms with Gasteiger partial charge in [-0.2, -0.15) is 0 Å². The molecule has 2 heterocycles. The molecule has 52 heavy (non-hydrogen) atoms. The highest BCUT2D eigenvalue weighted by Gasteiger charge is 2.16. The average Bonchev–Trinajstić information content (AvgIpc) is 3.73. The molecule has 9 aromatic carbocycles. The monoisotopic (exact) mass is 660 g/mol. The van der Waals surface area contributed by atoms with Crippen molar-refractivity contribution in [3.63, 3.8) is 0 Å². The molecule has 242 valence electrons. The molecule has 0 unspecified atom stereocenters. The first kappa shape index (κ1) is 28.9. The van der Waals surface area contributed by atoms with Crippen molar-refractivity contribution in [2.75, 3.05) is 0 Å². The number of hydrogen-bond donors (Lipinski definition) is 0. The van der Waals surface area contributed by atoms with Gasteiger partial charge in [0.2, 0.25) is 0 Å². The molecule has 2 nitrogen and oxygen atoms in total.